The number of guanidine groups is 1. The van der Waals surface area contributed by atoms with Crippen LogP contribution in [0, 0.1) is 6.92 Å². The summed E-state index contributed by atoms with van der Waals surface area (Å²) in [6, 6.07) is 10.1. The molecule has 1 aromatic heterocycles. The number of nitrogens with zero attached hydrogens (tertiary/aromatic N) is 2. The normalized spacial score (nSPS) is 10.9. The highest BCUT2D eigenvalue weighted by atomic mass is 127. The molecule has 0 spiro atoms. The Hall–Kier alpha value is -1.13. The Morgan fingerprint density at radius 3 is 2.78 bits per heavy atom. The van der Waals surface area contributed by atoms with E-state index in [0.29, 0.717) is 13.0 Å². The molecule has 1 amide bonds. The molecule has 0 aliphatic heterocycles. The van der Waals surface area contributed by atoms with Gasteiger partial charge in [-0.3, -0.25) is 9.79 Å². The molecule has 0 fully saturated rings. The van der Waals surface area contributed by atoms with E-state index in [9.17, 15) is 4.79 Å². The minimum Gasteiger partial charge on any atom is -0.356 e. The molecule has 2 N–H and O–H groups in total. The van der Waals surface area contributed by atoms with Crippen LogP contribution < -0.4 is 10.6 Å². The third-order valence-corrected chi connectivity index (χ3v) is 5.39. The Kier molecular flexibility index (Phi) is 10.9. The van der Waals surface area contributed by atoms with Crippen LogP contribution in [0.3, 0.4) is 0 Å². The maximum absolute atomic E-state index is 12.2. The van der Waals surface area contributed by atoms with Gasteiger partial charge in [-0.1, -0.05) is 28.1 Å². The summed E-state index contributed by atoms with van der Waals surface area (Å²) >= 11 is 5.19. The van der Waals surface area contributed by atoms with Crippen LogP contribution in [0.15, 0.2) is 45.2 Å². The average Bonchev–Trinajstić information content (AvgIpc) is 3.13. The summed E-state index contributed by atoms with van der Waals surface area (Å²) in [5.74, 6) is 0.781. The van der Waals surface area contributed by atoms with Crippen molar-refractivity contribution in [2.75, 3.05) is 32.5 Å². The van der Waals surface area contributed by atoms with Crippen LogP contribution in [0.1, 0.15) is 16.9 Å². The Balaban J connectivity index is 0.00000364. The van der Waals surface area contributed by atoms with Crippen LogP contribution >= 0.6 is 51.2 Å². The number of nitrogens with one attached hydrogen (secondary N) is 2. The Morgan fingerprint density at radius 1 is 1.33 bits per heavy atom. The van der Waals surface area contributed by atoms with Gasteiger partial charge in [-0.2, -0.15) is 0 Å². The van der Waals surface area contributed by atoms with Gasteiger partial charge in [0.2, 0.25) is 5.91 Å². The van der Waals surface area contributed by atoms with Crippen molar-refractivity contribution in [2.24, 2.45) is 4.99 Å². The van der Waals surface area contributed by atoms with Crippen molar-refractivity contribution in [2.45, 2.75) is 19.8 Å². The monoisotopic (exact) mass is 564 g/mol. The number of rotatable bonds is 7. The van der Waals surface area contributed by atoms with Crippen molar-refractivity contribution >= 4 is 68.8 Å². The molecule has 0 aliphatic carbocycles. The molecule has 1 heterocycles. The van der Waals surface area contributed by atoms with Crippen molar-refractivity contribution in [1.29, 1.82) is 0 Å². The number of likely N-dealkylation sites (N-methyl/N-ethyl adjacent to an activating group) is 1. The Morgan fingerprint density at radius 2 is 2.11 bits per heavy atom. The van der Waals surface area contributed by atoms with Crippen molar-refractivity contribution in [3.8, 4) is 0 Å². The molecule has 0 unspecified atom stereocenters. The number of aliphatic imine (C=N–C) groups is 1. The highest BCUT2D eigenvalue weighted by Gasteiger charge is 2.09. The maximum atomic E-state index is 12.2. The summed E-state index contributed by atoms with van der Waals surface area (Å²) in [5.41, 5.74) is 1.88. The number of benzene rings is 1. The number of hydrogen-bond donors (Lipinski definition) is 2. The quantitative estimate of drug-likeness (QED) is 0.295. The Labute approximate surface area is 190 Å². The summed E-state index contributed by atoms with van der Waals surface area (Å²) < 4.78 is 0.948. The van der Waals surface area contributed by atoms with Crippen LogP contribution in [0.4, 0.5) is 5.69 Å². The largest absolute Gasteiger partial charge is 0.356 e. The first-order chi connectivity index (χ1) is 12.5. The first-order valence-electron chi connectivity index (χ1n) is 8.49. The lowest BCUT2D eigenvalue weighted by Crippen LogP contribution is -2.41. The molecular formula is C19H26BrIN4OS. The number of thiophene rings is 1. The minimum absolute atomic E-state index is 0. The van der Waals surface area contributed by atoms with Gasteiger partial charge in [0.15, 0.2) is 5.96 Å². The number of amides is 1. The fraction of sp³-hybridized carbons (Fsp3) is 0.368. The molecular weight excluding hydrogens is 539 g/mol. The lowest BCUT2D eigenvalue weighted by molar-refractivity contribution is -0.116. The second-order valence-electron chi connectivity index (χ2n) is 5.98. The molecule has 8 heteroatoms. The van der Waals surface area contributed by atoms with E-state index in [-0.39, 0.29) is 29.9 Å². The zero-order valence-electron chi connectivity index (χ0n) is 15.8. The molecule has 148 valence electrons. The molecule has 0 aliphatic rings. The van der Waals surface area contributed by atoms with Crippen LogP contribution in [0.2, 0.25) is 0 Å². The zero-order valence-corrected chi connectivity index (χ0v) is 20.5. The van der Waals surface area contributed by atoms with Gasteiger partial charge >= 0.3 is 0 Å². The molecule has 0 saturated carbocycles. The fourth-order valence-electron chi connectivity index (χ4n) is 2.45. The van der Waals surface area contributed by atoms with Gasteiger partial charge in [0.25, 0.3) is 0 Å². The number of carbonyl (C=O) groups is 1. The van der Waals surface area contributed by atoms with E-state index in [0.717, 1.165) is 34.6 Å². The summed E-state index contributed by atoms with van der Waals surface area (Å²) in [4.78, 5) is 19.9. The minimum atomic E-state index is -0.0182. The molecule has 5 nitrogen and oxygen atoms in total. The van der Waals surface area contributed by atoms with E-state index in [1.165, 1.54) is 4.88 Å². The third kappa shape index (κ3) is 8.18. The van der Waals surface area contributed by atoms with Crippen LogP contribution in [0.5, 0.6) is 0 Å². The van der Waals surface area contributed by atoms with Gasteiger partial charge in [-0.05, 0) is 42.5 Å². The van der Waals surface area contributed by atoms with Gasteiger partial charge in [0.1, 0.15) is 0 Å². The summed E-state index contributed by atoms with van der Waals surface area (Å²) in [7, 11) is 3.77. The van der Waals surface area contributed by atoms with Gasteiger partial charge in [-0.15, -0.1) is 35.3 Å². The zero-order chi connectivity index (χ0) is 18.9. The van der Waals surface area contributed by atoms with Crippen molar-refractivity contribution in [3.05, 3.63) is 50.6 Å². The van der Waals surface area contributed by atoms with Crippen LogP contribution in [0.25, 0.3) is 0 Å². The second-order valence-corrected chi connectivity index (χ2v) is 7.93. The predicted octanol–water partition coefficient (Wildman–Crippen LogP) is 4.52. The lowest BCUT2D eigenvalue weighted by Gasteiger charge is -2.21. The molecule has 2 rings (SSSR count). The lowest BCUT2D eigenvalue weighted by atomic mass is 10.2. The molecule has 2 aromatic rings. The summed E-state index contributed by atoms with van der Waals surface area (Å²) in [5, 5.41) is 8.30. The number of anilines is 1. The maximum Gasteiger partial charge on any atom is 0.226 e. The average molecular weight is 565 g/mol. The number of aryl methyl sites for hydroxylation is 1. The first kappa shape index (κ1) is 23.9. The van der Waals surface area contributed by atoms with Gasteiger partial charge in [0, 0.05) is 48.6 Å². The Bertz CT molecular complexity index is 752. The fourth-order valence-corrected chi connectivity index (χ4v) is 3.51. The molecule has 0 bridgehead atoms. The molecule has 0 radical (unpaired) electrons. The van der Waals surface area contributed by atoms with E-state index in [1.54, 1.807) is 18.4 Å². The topological polar surface area (TPSA) is 56.7 Å². The highest BCUT2D eigenvalue weighted by molar-refractivity contribution is 14.0. The van der Waals surface area contributed by atoms with E-state index < -0.39 is 0 Å². The molecule has 0 saturated heterocycles. The molecule has 1 aromatic carbocycles. The van der Waals surface area contributed by atoms with Crippen LogP contribution in [-0.4, -0.2) is 44.0 Å². The van der Waals surface area contributed by atoms with Crippen molar-refractivity contribution in [3.63, 3.8) is 0 Å². The summed E-state index contributed by atoms with van der Waals surface area (Å²) in [6.45, 7) is 3.39. The van der Waals surface area contributed by atoms with Gasteiger partial charge in [0.05, 0.1) is 0 Å². The van der Waals surface area contributed by atoms with E-state index in [2.05, 4.69) is 54.0 Å². The van der Waals surface area contributed by atoms with Gasteiger partial charge in [-0.25, -0.2) is 0 Å². The predicted molar refractivity (Wildman–Crippen MR) is 130 cm³/mol. The SMILES string of the molecule is CN=C(NCCC(=O)Nc1cc(Br)ccc1C)N(C)CCc1cccs1.I. The van der Waals surface area contributed by atoms with E-state index >= 15 is 0 Å². The van der Waals surface area contributed by atoms with Crippen LogP contribution in [-0.2, 0) is 11.2 Å². The smallest absolute Gasteiger partial charge is 0.226 e. The van der Waals surface area contributed by atoms with Crippen molar-refractivity contribution < 1.29 is 4.79 Å². The van der Waals surface area contributed by atoms with E-state index in [4.69, 9.17) is 0 Å². The first-order valence-corrected chi connectivity index (χ1v) is 10.2. The van der Waals surface area contributed by atoms with E-state index in [1.807, 2.05) is 32.2 Å². The van der Waals surface area contributed by atoms with Crippen molar-refractivity contribution in [1.82, 2.24) is 10.2 Å². The molecule has 0 atom stereocenters. The highest BCUT2D eigenvalue weighted by Crippen LogP contribution is 2.20. The standard InChI is InChI=1S/C19H25BrN4OS.HI/c1-14-6-7-15(20)13-17(14)23-18(25)8-10-22-19(21-2)24(3)11-9-16-5-4-12-26-16;/h4-7,12-13H,8-11H2,1-3H3,(H,21,22)(H,23,25);1H. The summed E-state index contributed by atoms with van der Waals surface area (Å²) in [6.07, 6.45) is 1.36. The second kappa shape index (κ2) is 12.4. The number of carbonyl (C=O) groups excluding carboxylic acids is 1. The number of halogens is 2. The third-order valence-electron chi connectivity index (χ3n) is 3.96. The molecule has 27 heavy (non-hydrogen) atoms. The number of hydrogen-bond acceptors (Lipinski definition) is 3. The van der Waals surface area contributed by atoms with Gasteiger partial charge < -0.3 is 15.5 Å².